The number of hydrogen-bond acceptors (Lipinski definition) is 2. The zero-order valence-corrected chi connectivity index (χ0v) is 12.4. The lowest BCUT2D eigenvalue weighted by Crippen LogP contribution is -2.33. The van der Waals surface area contributed by atoms with Crippen molar-refractivity contribution in [3.8, 4) is 5.69 Å². The summed E-state index contributed by atoms with van der Waals surface area (Å²) in [7, 11) is 0. The Kier molecular flexibility index (Phi) is 4.04. The van der Waals surface area contributed by atoms with Crippen molar-refractivity contribution in [1.82, 2.24) is 14.7 Å². The second kappa shape index (κ2) is 6.12. The summed E-state index contributed by atoms with van der Waals surface area (Å²) < 4.78 is 1.76. The third-order valence-electron chi connectivity index (χ3n) is 3.81. The molecule has 1 aliphatic carbocycles. The van der Waals surface area contributed by atoms with Crippen molar-refractivity contribution >= 4 is 5.91 Å². The first-order chi connectivity index (χ1) is 10.3. The molecule has 1 fully saturated rings. The summed E-state index contributed by atoms with van der Waals surface area (Å²) in [5.41, 5.74) is 1.65. The molecule has 21 heavy (non-hydrogen) atoms. The molecule has 0 N–H and O–H groups in total. The first-order valence-electron chi connectivity index (χ1n) is 7.67. The molecule has 0 bridgehead atoms. The van der Waals surface area contributed by atoms with Gasteiger partial charge in [-0.3, -0.25) is 4.79 Å². The topological polar surface area (TPSA) is 38.1 Å². The lowest BCUT2D eigenvalue weighted by molar-refractivity contribution is 0.0747. The van der Waals surface area contributed by atoms with Crippen LogP contribution in [0.5, 0.6) is 0 Å². The van der Waals surface area contributed by atoms with E-state index in [2.05, 4.69) is 12.0 Å². The molecule has 1 saturated carbocycles. The molecule has 3 rings (SSSR count). The number of hydrogen-bond donors (Lipinski definition) is 0. The van der Waals surface area contributed by atoms with Crippen LogP contribution in [0.1, 0.15) is 36.5 Å². The van der Waals surface area contributed by atoms with Gasteiger partial charge in [-0.1, -0.05) is 25.1 Å². The molecule has 1 heterocycles. The first-order valence-corrected chi connectivity index (χ1v) is 7.67. The molecule has 0 unspecified atom stereocenters. The number of benzene rings is 1. The molecule has 0 spiro atoms. The van der Waals surface area contributed by atoms with Crippen LogP contribution in [0, 0.1) is 5.92 Å². The van der Waals surface area contributed by atoms with Crippen molar-refractivity contribution < 1.29 is 4.79 Å². The molecule has 4 heteroatoms. The molecule has 4 nitrogen and oxygen atoms in total. The molecule has 2 aromatic rings. The van der Waals surface area contributed by atoms with E-state index in [1.54, 1.807) is 10.9 Å². The maximum absolute atomic E-state index is 12.6. The van der Waals surface area contributed by atoms with Crippen LogP contribution < -0.4 is 0 Å². The lowest BCUT2D eigenvalue weighted by Gasteiger charge is -2.21. The second-order valence-corrected chi connectivity index (χ2v) is 5.70. The molecule has 1 amide bonds. The van der Waals surface area contributed by atoms with Crippen LogP contribution >= 0.6 is 0 Å². The summed E-state index contributed by atoms with van der Waals surface area (Å²) >= 11 is 0. The van der Waals surface area contributed by atoms with Gasteiger partial charge in [0.15, 0.2) is 0 Å². The number of rotatable bonds is 6. The number of carbonyl (C=O) groups is 1. The van der Waals surface area contributed by atoms with Crippen LogP contribution in [0.2, 0.25) is 0 Å². The van der Waals surface area contributed by atoms with Crippen molar-refractivity contribution in [2.45, 2.75) is 26.2 Å². The van der Waals surface area contributed by atoms with Crippen LogP contribution in [0.3, 0.4) is 0 Å². The molecule has 0 aliphatic heterocycles. The summed E-state index contributed by atoms with van der Waals surface area (Å²) in [6, 6.07) is 9.87. The van der Waals surface area contributed by atoms with Crippen molar-refractivity contribution in [2.75, 3.05) is 13.1 Å². The van der Waals surface area contributed by atoms with Gasteiger partial charge in [0.2, 0.25) is 0 Å². The van der Waals surface area contributed by atoms with Gasteiger partial charge < -0.3 is 4.90 Å². The van der Waals surface area contributed by atoms with E-state index in [9.17, 15) is 4.79 Å². The van der Waals surface area contributed by atoms with E-state index in [0.29, 0.717) is 11.5 Å². The van der Waals surface area contributed by atoms with Crippen LogP contribution in [-0.4, -0.2) is 33.7 Å². The molecular formula is C17H21N3O. The summed E-state index contributed by atoms with van der Waals surface area (Å²) in [4.78, 5) is 14.6. The fourth-order valence-electron chi connectivity index (χ4n) is 2.50. The highest BCUT2D eigenvalue weighted by atomic mass is 16.2. The summed E-state index contributed by atoms with van der Waals surface area (Å²) in [6.07, 6.45) is 7.01. The van der Waals surface area contributed by atoms with Gasteiger partial charge >= 0.3 is 0 Å². The number of para-hydroxylation sites is 1. The van der Waals surface area contributed by atoms with E-state index in [1.165, 1.54) is 12.8 Å². The van der Waals surface area contributed by atoms with E-state index in [0.717, 1.165) is 25.2 Å². The quantitative estimate of drug-likeness (QED) is 0.817. The van der Waals surface area contributed by atoms with Gasteiger partial charge in [-0.25, -0.2) is 4.68 Å². The van der Waals surface area contributed by atoms with Gasteiger partial charge in [0.1, 0.15) is 0 Å². The Hall–Kier alpha value is -2.10. The van der Waals surface area contributed by atoms with Gasteiger partial charge in [0.25, 0.3) is 5.91 Å². The molecule has 0 saturated heterocycles. The molecule has 1 aromatic carbocycles. The van der Waals surface area contributed by atoms with Crippen molar-refractivity contribution in [1.29, 1.82) is 0 Å². The largest absolute Gasteiger partial charge is 0.338 e. The Bertz CT molecular complexity index is 602. The molecule has 1 aliphatic rings. The molecule has 0 atom stereocenters. The second-order valence-electron chi connectivity index (χ2n) is 5.70. The number of nitrogens with zero attached hydrogens (tertiary/aromatic N) is 3. The smallest absolute Gasteiger partial charge is 0.257 e. The minimum absolute atomic E-state index is 0.103. The highest BCUT2D eigenvalue weighted by molar-refractivity contribution is 5.93. The van der Waals surface area contributed by atoms with E-state index >= 15 is 0 Å². The fraction of sp³-hybridized carbons (Fsp3) is 0.412. The number of aromatic nitrogens is 2. The Morgan fingerprint density at radius 1 is 1.33 bits per heavy atom. The molecule has 110 valence electrons. The SMILES string of the molecule is CCCN(CC1CC1)C(=O)c1cnn(-c2ccccc2)c1. The predicted octanol–water partition coefficient (Wildman–Crippen LogP) is 3.13. The number of amides is 1. The summed E-state index contributed by atoms with van der Waals surface area (Å²) in [5, 5.41) is 4.31. The van der Waals surface area contributed by atoms with Crippen LogP contribution in [-0.2, 0) is 0 Å². The summed E-state index contributed by atoms with van der Waals surface area (Å²) in [6.45, 7) is 3.83. The maximum atomic E-state index is 12.6. The first kappa shape index (κ1) is 13.9. The van der Waals surface area contributed by atoms with Crippen molar-refractivity contribution in [2.24, 2.45) is 5.92 Å². The average Bonchev–Trinajstić information content (AvgIpc) is 3.20. The highest BCUT2D eigenvalue weighted by Gasteiger charge is 2.27. The third kappa shape index (κ3) is 3.32. The predicted molar refractivity (Wildman–Crippen MR) is 82.5 cm³/mol. The van der Waals surface area contributed by atoms with Gasteiger partial charge in [-0.05, 0) is 37.3 Å². The Labute approximate surface area is 125 Å². The van der Waals surface area contributed by atoms with Crippen molar-refractivity contribution in [3.63, 3.8) is 0 Å². The minimum Gasteiger partial charge on any atom is -0.338 e. The Morgan fingerprint density at radius 3 is 2.76 bits per heavy atom. The molecular weight excluding hydrogens is 262 g/mol. The van der Waals surface area contributed by atoms with Crippen LogP contribution in [0.25, 0.3) is 5.69 Å². The third-order valence-corrected chi connectivity index (χ3v) is 3.81. The minimum atomic E-state index is 0.103. The van der Waals surface area contributed by atoms with Crippen molar-refractivity contribution in [3.05, 3.63) is 48.3 Å². The van der Waals surface area contributed by atoms with Crippen LogP contribution in [0.4, 0.5) is 0 Å². The van der Waals surface area contributed by atoms with E-state index in [-0.39, 0.29) is 5.91 Å². The van der Waals surface area contributed by atoms with E-state index in [1.807, 2.05) is 41.4 Å². The van der Waals surface area contributed by atoms with E-state index < -0.39 is 0 Å². The Balaban J connectivity index is 1.76. The van der Waals surface area contributed by atoms with Gasteiger partial charge in [-0.15, -0.1) is 0 Å². The zero-order chi connectivity index (χ0) is 14.7. The average molecular weight is 283 g/mol. The number of carbonyl (C=O) groups excluding carboxylic acids is 1. The summed E-state index contributed by atoms with van der Waals surface area (Å²) in [5.74, 6) is 0.815. The van der Waals surface area contributed by atoms with Gasteiger partial charge in [-0.2, -0.15) is 5.10 Å². The maximum Gasteiger partial charge on any atom is 0.257 e. The zero-order valence-electron chi connectivity index (χ0n) is 12.4. The van der Waals surface area contributed by atoms with Gasteiger partial charge in [0, 0.05) is 19.3 Å². The fourth-order valence-corrected chi connectivity index (χ4v) is 2.50. The highest BCUT2D eigenvalue weighted by Crippen LogP contribution is 2.30. The van der Waals surface area contributed by atoms with E-state index in [4.69, 9.17) is 0 Å². The normalized spacial score (nSPS) is 14.1. The molecule has 1 aromatic heterocycles. The lowest BCUT2D eigenvalue weighted by atomic mass is 10.2. The van der Waals surface area contributed by atoms with Gasteiger partial charge in [0.05, 0.1) is 17.4 Å². The monoisotopic (exact) mass is 283 g/mol. The standard InChI is InChI=1S/C17H21N3O/c1-2-10-19(12-14-8-9-14)17(21)15-11-18-20(13-15)16-6-4-3-5-7-16/h3-7,11,13-14H,2,8-10,12H2,1H3. The Morgan fingerprint density at radius 2 is 2.10 bits per heavy atom. The molecule has 0 radical (unpaired) electrons. The van der Waals surface area contributed by atoms with Crippen LogP contribution in [0.15, 0.2) is 42.7 Å².